The van der Waals surface area contributed by atoms with Crippen molar-refractivity contribution in [2.75, 3.05) is 30.5 Å². The number of nitrogens with zero attached hydrogens (tertiary/aromatic N) is 1. The molecule has 1 heterocycles. The van der Waals surface area contributed by atoms with E-state index in [0.29, 0.717) is 23.9 Å². The minimum absolute atomic E-state index is 0.190. The average molecular weight is 196 g/mol. The number of anilines is 3. The van der Waals surface area contributed by atoms with Crippen molar-refractivity contribution in [1.29, 1.82) is 0 Å². The van der Waals surface area contributed by atoms with Gasteiger partial charge in [0.25, 0.3) is 0 Å². The number of ether oxygens (including phenoxy) is 1. The van der Waals surface area contributed by atoms with Gasteiger partial charge in [0.2, 0.25) is 0 Å². The molecule has 1 atom stereocenters. The molecule has 0 saturated heterocycles. The Bertz CT molecular complexity index is 303. The molecule has 0 bridgehead atoms. The minimum atomic E-state index is 0.190. The minimum Gasteiger partial charge on any atom is -0.396 e. The van der Waals surface area contributed by atoms with Crippen LogP contribution in [0.2, 0.25) is 0 Å². The molecule has 1 aromatic rings. The number of rotatable bonds is 4. The summed E-state index contributed by atoms with van der Waals surface area (Å²) in [7, 11) is 1.66. The van der Waals surface area contributed by atoms with Crippen LogP contribution in [0, 0.1) is 0 Å². The number of hydrogen-bond donors (Lipinski definition) is 3. The molecule has 1 rings (SSSR count). The fraction of sp³-hybridized carbons (Fsp3) is 0.444. The summed E-state index contributed by atoms with van der Waals surface area (Å²) < 4.78 is 4.98. The van der Waals surface area contributed by atoms with E-state index in [2.05, 4.69) is 10.3 Å². The summed E-state index contributed by atoms with van der Waals surface area (Å²) in [6.45, 7) is 2.61. The largest absolute Gasteiger partial charge is 0.396 e. The molecular weight excluding hydrogens is 180 g/mol. The highest BCUT2D eigenvalue weighted by molar-refractivity contribution is 5.61. The zero-order chi connectivity index (χ0) is 10.6. The zero-order valence-electron chi connectivity index (χ0n) is 8.45. The van der Waals surface area contributed by atoms with Crippen molar-refractivity contribution >= 4 is 17.3 Å². The first-order chi connectivity index (χ1) is 6.63. The summed E-state index contributed by atoms with van der Waals surface area (Å²) in [5.74, 6) is 1.06. The third-order valence-corrected chi connectivity index (χ3v) is 1.77. The van der Waals surface area contributed by atoms with Crippen LogP contribution >= 0.6 is 0 Å². The molecule has 0 saturated carbocycles. The Kier molecular flexibility index (Phi) is 3.53. The molecule has 1 unspecified atom stereocenters. The fourth-order valence-electron chi connectivity index (χ4n) is 1.11. The van der Waals surface area contributed by atoms with Gasteiger partial charge in [-0.3, -0.25) is 0 Å². The molecule has 0 aliphatic heterocycles. The van der Waals surface area contributed by atoms with Gasteiger partial charge in [0.05, 0.1) is 12.3 Å². The van der Waals surface area contributed by atoms with Gasteiger partial charge in [-0.1, -0.05) is 0 Å². The first-order valence-corrected chi connectivity index (χ1v) is 4.41. The van der Waals surface area contributed by atoms with Crippen LogP contribution in [0.4, 0.5) is 17.3 Å². The van der Waals surface area contributed by atoms with Crippen molar-refractivity contribution in [3.8, 4) is 0 Å². The lowest BCUT2D eigenvalue weighted by Gasteiger charge is -2.13. The zero-order valence-corrected chi connectivity index (χ0v) is 8.45. The first-order valence-electron chi connectivity index (χ1n) is 4.41. The number of methoxy groups -OCH3 is 1. The van der Waals surface area contributed by atoms with Gasteiger partial charge in [-0.2, -0.15) is 0 Å². The van der Waals surface area contributed by atoms with E-state index in [-0.39, 0.29) is 6.04 Å². The molecule has 5 heteroatoms. The van der Waals surface area contributed by atoms with Crippen LogP contribution in [0.5, 0.6) is 0 Å². The van der Waals surface area contributed by atoms with E-state index >= 15 is 0 Å². The maximum atomic E-state index is 5.56. The number of nitrogen functional groups attached to an aromatic ring is 2. The van der Waals surface area contributed by atoms with Crippen LogP contribution in [0.25, 0.3) is 0 Å². The van der Waals surface area contributed by atoms with E-state index in [4.69, 9.17) is 16.2 Å². The Balaban J connectivity index is 2.63. The Morgan fingerprint density at radius 2 is 2.21 bits per heavy atom. The number of pyridine rings is 1. The summed E-state index contributed by atoms with van der Waals surface area (Å²) in [6.07, 6.45) is 0. The van der Waals surface area contributed by atoms with E-state index in [9.17, 15) is 0 Å². The van der Waals surface area contributed by atoms with Crippen molar-refractivity contribution in [3.05, 3.63) is 12.1 Å². The molecule has 78 valence electrons. The van der Waals surface area contributed by atoms with E-state index in [1.807, 2.05) is 6.92 Å². The van der Waals surface area contributed by atoms with Gasteiger partial charge in [-0.05, 0) is 19.1 Å². The summed E-state index contributed by atoms with van der Waals surface area (Å²) in [5.41, 5.74) is 11.6. The van der Waals surface area contributed by atoms with Gasteiger partial charge in [-0.15, -0.1) is 0 Å². The molecule has 0 aliphatic carbocycles. The van der Waals surface area contributed by atoms with Crippen LogP contribution in [-0.2, 0) is 4.74 Å². The monoisotopic (exact) mass is 196 g/mol. The second-order valence-corrected chi connectivity index (χ2v) is 3.17. The second-order valence-electron chi connectivity index (χ2n) is 3.17. The predicted octanol–water partition coefficient (Wildman–Crippen LogP) is 0.693. The molecule has 5 nitrogen and oxygen atoms in total. The van der Waals surface area contributed by atoms with Crippen LogP contribution in [0.1, 0.15) is 6.92 Å². The summed E-state index contributed by atoms with van der Waals surface area (Å²) in [4.78, 5) is 4.08. The number of nitrogens with one attached hydrogen (secondary N) is 1. The van der Waals surface area contributed by atoms with Crippen LogP contribution in [0.15, 0.2) is 12.1 Å². The first kappa shape index (κ1) is 10.6. The third kappa shape index (κ3) is 2.77. The average Bonchev–Trinajstić information content (AvgIpc) is 2.12. The number of hydrogen-bond acceptors (Lipinski definition) is 5. The van der Waals surface area contributed by atoms with E-state index in [1.54, 1.807) is 19.2 Å². The van der Waals surface area contributed by atoms with E-state index in [1.165, 1.54) is 0 Å². The molecule has 14 heavy (non-hydrogen) atoms. The lowest BCUT2D eigenvalue weighted by Crippen LogP contribution is -2.21. The molecule has 1 aromatic heterocycles. The van der Waals surface area contributed by atoms with E-state index < -0.39 is 0 Å². The van der Waals surface area contributed by atoms with Crippen molar-refractivity contribution in [2.45, 2.75) is 13.0 Å². The maximum absolute atomic E-state index is 5.56. The molecule has 5 N–H and O–H groups in total. The topological polar surface area (TPSA) is 86.2 Å². The van der Waals surface area contributed by atoms with Gasteiger partial charge < -0.3 is 21.5 Å². The highest BCUT2D eigenvalue weighted by Gasteiger charge is 2.03. The summed E-state index contributed by atoms with van der Waals surface area (Å²) in [5, 5.41) is 3.14. The normalized spacial score (nSPS) is 12.4. The van der Waals surface area contributed by atoms with Gasteiger partial charge in [-0.25, -0.2) is 4.98 Å². The Hall–Kier alpha value is -1.49. The lowest BCUT2D eigenvalue weighted by atomic mass is 10.3. The molecule has 0 aliphatic rings. The lowest BCUT2D eigenvalue weighted by molar-refractivity contribution is 0.190. The van der Waals surface area contributed by atoms with E-state index in [0.717, 1.165) is 0 Å². The van der Waals surface area contributed by atoms with Gasteiger partial charge in [0.1, 0.15) is 11.6 Å². The quantitative estimate of drug-likeness (QED) is 0.659. The van der Waals surface area contributed by atoms with Gasteiger partial charge >= 0.3 is 0 Å². The van der Waals surface area contributed by atoms with Crippen molar-refractivity contribution in [3.63, 3.8) is 0 Å². The van der Waals surface area contributed by atoms with Crippen molar-refractivity contribution in [1.82, 2.24) is 4.98 Å². The molecular formula is C9H16N4O. The summed E-state index contributed by atoms with van der Waals surface area (Å²) in [6, 6.07) is 3.71. The molecule has 0 spiro atoms. The highest BCUT2D eigenvalue weighted by Crippen LogP contribution is 2.15. The smallest absolute Gasteiger partial charge is 0.149 e. The molecule has 0 radical (unpaired) electrons. The van der Waals surface area contributed by atoms with Crippen molar-refractivity contribution < 1.29 is 4.74 Å². The molecule has 0 aromatic carbocycles. The van der Waals surface area contributed by atoms with Crippen LogP contribution in [0.3, 0.4) is 0 Å². The van der Waals surface area contributed by atoms with Gasteiger partial charge in [0, 0.05) is 13.2 Å². The Morgan fingerprint density at radius 1 is 1.50 bits per heavy atom. The standard InChI is InChI=1S/C9H16N4O/c1-6(5-14-2)12-8-4-3-7(10)9(11)13-8/h3-4,6H,5,10H2,1-2H3,(H3,11,12,13). The SMILES string of the molecule is COCC(C)Nc1ccc(N)c(N)n1. The summed E-state index contributed by atoms with van der Waals surface area (Å²) >= 11 is 0. The van der Waals surface area contributed by atoms with Crippen LogP contribution in [-0.4, -0.2) is 24.7 Å². The second kappa shape index (κ2) is 4.66. The third-order valence-electron chi connectivity index (χ3n) is 1.77. The Labute approximate surface area is 83.5 Å². The maximum Gasteiger partial charge on any atom is 0.149 e. The van der Waals surface area contributed by atoms with Gasteiger partial charge in [0.15, 0.2) is 0 Å². The van der Waals surface area contributed by atoms with Crippen molar-refractivity contribution in [2.24, 2.45) is 0 Å². The number of aromatic nitrogens is 1. The number of nitrogens with two attached hydrogens (primary N) is 2. The molecule has 0 amide bonds. The molecule has 0 fully saturated rings. The highest BCUT2D eigenvalue weighted by atomic mass is 16.5. The fourth-order valence-corrected chi connectivity index (χ4v) is 1.11. The van der Waals surface area contributed by atoms with Crippen LogP contribution < -0.4 is 16.8 Å². The Morgan fingerprint density at radius 3 is 2.79 bits per heavy atom. The predicted molar refractivity (Wildman–Crippen MR) is 58.0 cm³/mol.